The third-order valence-corrected chi connectivity index (χ3v) is 5.01. The molecule has 33 heavy (non-hydrogen) atoms. The second kappa shape index (κ2) is 9.12. The molecule has 0 radical (unpaired) electrons. The SMILES string of the molecule is CC(=O)OCc1cccc(C(=O)C(C(=O)c2cc(F)cc(F)c2)c2nc3ccccc3[nH]2)c1. The average molecular weight is 448 g/mol. The zero-order chi connectivity index (χ0) is 23.5. The van der Waals surface area contributed by atoms with Crippen LogP contribution >= 0.6 is 0 Å². The first-order valence-electron chi connectivity index (χ1n) is 10.0. The molecule has 166 valence electrons. The summed E-state index contributed by atoms with van der Waals surface area (Å²) < 4.78 is 32.6. The number of carbonyl (C=O) groups is 3. The monoisotopic (exact) mass is 448 g/mol. The second-order valence-electron chi connectivity index (χ2n) is 7.44. The van der Waals surface area contributed by atoms with Gasteiger partial charge >= 0.3 is 5.97 Å². The first kappa shape index (κ1) is 22.0. The number of H-pyrrole nitrogens is 1. The van der Waals surface area contributed by atoms with E-state index in [0.717, 1.165) is 12.1 Å². The topological polar surface area (TPSA) is 89.1 Å². The van der Waals surface area contributed by atoms with Gasteiger partial charge in [-0.2, -0.15) is 0 Å². The molecule has 6 nitrogen and oxygen atoms in total. The number of aromatic amines is 1. The Morgan fingerprint density at radius 1 is 0.909 bits per heavy atom. The van der Waals surface area contributed by atoms with Crippen molar-refractivity contribution in [3.05, 3.63) is 101 Å². The minimum Gasteiger partial charge on any atom is -0.461 e. The van der Waals surface area contributed by atoms with Crippen LogP contribution in [0, 0.1) is 11.6 Å². The van der Waals surface area contributed by atoms with Crippen LogP contribution in [-0.4, -0.2) is 27.5 Å². The quantitative estimate of drug-likeness (QED) is 0.250. The van der Waals surface area contributed by atoms with Gasteiger partial charge in [0, 0.05) is 24.1 Å². The van der Waals surface area contributed by atoms with Crippen LogP contribution in [0.4, 0.5) is 8.78 Å². The fourth-order valence-electron chi connectivity index (χ4n) is 3.51. The molecule has 4 rings (SSSR count). The minimum atomic E-state index is -1.47. The fourth-order valence-corrected chi connectivity index (χ4v) is 3.51. The number of ether oxygens (including phenoxy) is 1. The van der Waals surface area contributed by atoms with Crippen LogP contribution in [0.25, 0.3) is 11.0 Å². The van der Waals surface area contributed by atoms with E-state index in [9.17, 15) is 23.2 Å². The van der Waals surface area contributed by atoms with E-state index in [0.29, 0.717) is 22.7 Å². The molecule has 0 bridgehead atoms. The summed E-state index contributed by atoms with van der Waals surface area (Å²) in [6.45, 7) is 1.22. The largest absolute Gasteiger partial charge is 0.461 e. The fraction of sp³-hybridized carbons (Fsp3) is 0.120. The highest BCUT2D eigenvalue weighted by Crippen LogP contribution is 2.27. The van der Waals surface area contributed by atoms with Gasteiger partial charge in [-0.05, 0) is 35.9 Å². The Hall–Kier alpha value is -4.20. The van der Waals surface area contributed by atoms with E-state index >= 15 is 0 Å². The zero-order valence-corrected chi connectivity index (χ0v) is 17.5. The molecule has 1 N–H and O–H groups in total. The summed E-state index contributed by atoms with van der Waals surface area (Å²) in [7, 11) is 0. The first-order chi connectivity index (χ1) is 15.8. The number of esters is 1. The molecule has 0 aliphatic heterocycles. The van der Waals surface area contributed by atoms with E-state index in [1.165, 1.54) is 19.1 Å². The number of nitrogens with one attached hydrogen (secondary N) is 1. The van der Waals surface area contributed by atoms with E-state index in [2.05, 4.69) is 9.97 Å². The van der Waals surface area contributed by atoms with Crippen molar-refractivity contribution in [3.63, 3.8) is 0 Å². The zero-order valence-electron chi connectivity index (χ0n) is 17.5. The smallest absolute Gasteiger partial charge is 0.302 e. The predicted octanol–water partition coefficient (Wildman–Crippen LogP) is 4.75. The Morgan fingerprint density at radius 2 is 1.61 bits per heavy atom. The third-order valence-electron chi connectivity index (χ3n) is 5.01. The lowest BCUT2D eigenvalue weighted by Crippen LogP contribution is -2.24. The second-order valence-corrected chi connectivity index (χ2v) is 7.44. The highest BCUT2D eigenvalue weighted by Gasteiger charge is 2.33. The van der Waals surface area contributed by atoms with Gasteiger partial charge in [-0.25, -0.2) is 13.8 Å². The molecule has 1 heterocycles. The molecule has 1 aromatic heterocycles. The summed E-state index contributed by atoms with van der Waals surface area (Å²) in [6, 6.07) is 15.6. The normalized spacial score (nSPS) is 11.8. The number of halogens is 2. The van der Waals surface area contributed by atoms with Crippen LogP contribution in [0.5, 0.6) is 0 Å². The summed E-state index contributed by atoms with van der Waals surface area (Å²) in [4.78, 5) is 45.3. The molecular formula is C25H18F2N2O4. The maximum Gasteiger partial charge on any atom is 0.302 e. The van der Waals surface area contributed by atoms with Crippen molar-refractivity contribution in [2.24, 2.45) is 0 Å². The highest BCUT2D eigenvalue weighted by molar-refractivity contribution is 6.19. The van der Waals surface area contributed by atoms with E-state index in [1.54, 1.807) is 36.4 Å². The van der Waals surface area contributed by atoms with Gasteiger partial charge in [0.1, 0.15) is 30.0 Å². The molecule has 4 aromatic rings. The Morgan fingerprint density at radius 3 is 2.30 bits per heavy atom. The molecule has 0 aliphatic carbocycles. The number of imidazole rings is 1. The van der Waals surface area contributed by atoms with Crippen molar-refractivity contribution in [1.82, 2.24) is 9.97 Å². The van der Waals surface area contributed by atoms with Crippen molar-refractivity contribution in [2.45, 2.75) is 19.4 Å². The number of carbonyl (C=O) groups excluding carboxylic acids is 3. The van der Waals surface area contributed by atoms with E-state index in [-0.39, 0.29) is 23.6 Å². The van der Waals surface area contributed by atoms with Crippen LogP contribution in [0.1, 0.15) is 44.9 Å². The number of para-hydroxylation sites is 2. The molecular weight excluding hydrogens is 430 g/mol. The molecule has 1 unspecified atom stereocenters. The number of rotatable bonds is 7. The van der Waals surface area contributed by atoms with Crippen LogP contribution in [0.15, 0.2) is 66.7 Å². The van der Waals surface area contributed by atoms with E-state index in [1.807, 2.05) is 0 Å². The number of hydrogen-bond donors (Lipinski definition) is 1. The maximum absolute atomic E-state index is 13.8. The molecule has 0 saturated heterocycles. The van der Waals surface area contributed by atoms with Crippen LogP contribution in [-0.2, 0) is 16.1 Å². The summed E-state index contributed by atoms with van der Waals surface area (Å²) in [5, 5.41) is 0. The highest BCUT2D eigenvalue weighted by atomic mass is 19.1. The molecule has 3 aromatic carbocycles. The predicted molar refractivity (Wildman–Crippen MR) is 116 cm³/mol. The van der Waals surface area contributed by atoms with Gasteiger partial charge in [-0.3, -0.25) is 14.4 Å². The van der Waals surface area contributed by atoms with Crippen molar-refractivity contribution < 1.29 is 27.9 Å². The van der Waals surface area contributed by atoms with Crippen LogP contribution in [0.2, 0.25) is 0 Å². The summed E-state index contributed by atoms with van der Waals surface area (Å²) in [5.74, 6) is -5.18. The number of aromatic nitrogens is 2. The van der Waals surface area contributed by atoms with Gasteiger partial charge in [0.15, 0.2) is 11.6 Å². The van der Waals surface area contributed by atoms with Gasteiger partial charge in [-0.15, -0.1) is 0 Å². The van der Waals surface area contributed by atoms with Crippen molar-refractivity contribution in [3.8, 4) is 0 Å². The maximum atomic E-state index is 13.8. The Kier molecular flexibility index (Phi) is 6.08. The molecule has 1 atom stereocenters. The number of fused-ring (bicyclic) bond motifs is 1. The van der Waals surface area contributed by atoms with Crippen molar-refractivity contribution >= 4 is 28.6 Å². The Balaban J connectivity index is 1.78. The van der Waals surface area contributed by atoms with Gasteiger partial charge in [0.05, 0.1) is 11.0 Å². The lowest BCUT2D eigenvalue weighted by Gasteiger charge is -2.14. The number of Topliss-reactive ketones (excluding diaryl/α,β-unsaturated/α-hetero) is 2. The third kappa shape index (κ3) is 4.85. The number of hydrogen-bond acceptors (Lipinski definition) is 5. The Bertz CT molecular complexity index is 1330. The van der Waals surface area contributed by atoms with E-state index in [4.69, 9.17) is 4.74 Å². The molecule has 8 heteroatoms. The first-order valence-corrected chi connectivity index (χ1v) is 10.0. The van der Waals surface area contributed by atoms with E-state index < -0.39 is 35.1 Å². The molecule has 0 aliphatic rings. The summed E-state index contributed by atoms with van der Waals surface area (Å²) >= 11 is 0. The number of benzene rings is 3. The van der Waals surface area contributed by atoms with Gasteiger partial charge in [0.2, 0.25) is 0 Å². The molecule has 0 spiro atoms. The summed E-state index contributed by atoms with van der Waals surface area (Å²) in [5.41, 5.74) is 1.56. The molecule has 0 fully saturated rings. The van der Waals surface area contributed by atoms with Crippen LogP contribution < -0.4 is 0 Å². The number of ketones is 2. The van der Waals surface area contributed by atoms with Gasteiger partial charge in [0.25, 0.3) is 0 Å². The molecule has 0 saturated carbocycles. The lowest BCUT2D eigenvalue weighted by molar-refractivity contribution is -0.142. The number of nitrogens with zero attached hydrogens (tertiary/aromatic N) is 1. The molecule has 0 amide bonds. The lowest BCUT2D eigenvalue weighted by atomic mass is 9.88. The standard InChI is InChI=1S/C25H18F2N2O4/c1-14(30)33-13-15-5-4-6-16(9-15)23(31)22(24(32)17-10-18(26)12-19(27)11-17)25-28-20-7-2-3-8-21(20)29-25/h2-12,22H,13H2,1H3,(H,28,29). The van der Waals surface area contributed by atoms with Crippen LogP contribution in [0.3, 0.4) is 0 Å². The van der Waals surface area contributed by atoms with Gasteiger partial charge < -0.3 is 9.72 Å². The minimum absolute atomic E-state index is 0.0468. The van der Waals surface area contributed by atoms with Crippen molar-refractivity contribution in [1.29, 1.82) is 0 Å². The van der Waals surface area contributed by atoms with Crippen molar-refractivity contribution in [2.75, 3.05) is 0 Å². The average Bonchev–Trinajstić information content (AvgIpc) is 3.21. The van der Waals surface area contributed by atoms with Gasteiger partial charge in [-0.1, -0.05) is 30.3 Å². The summed E-state index contributed by atoms with van der Waals surface area (Å²) in [6.07, 6.45) is 0. The Labute approximate surface area is 187 Å².